The minimum absolute atomic E-state index is 0.254. The second-order valence-corrected chi connectivity index (χ2v) is 4.90. The number of pyridine rings is 1. The molecule has 0 bridgehead atoms. The number of halogens is 1. The first-order valence-electron chi connectivity index (χ1n) is 6.64. The van der Waals surface area contributed by atoms with Gasteiger partial charge in [0.15, 0.2) is 0 Å². The Morgan fingerprint density at radius 3 is 2.81 bits per heavy atom. The molecule has 0 aromatic carbocycles. The van der Waals surface area contributed by atoms with Crippen LogP contribution in [0.1, 0.15) is 34.8 Å². The summed E-state index contributed by atoms with van der Waals surface area (Å²) in [6.45, 7) is 2.33. The van der Waals surface area contributed by atoms with Crippen molar-refractivity contribution in [2.75, 3.05) is 13.7 Å². The van der Waals surface area contributed by atoms with E-state index in [1.807, 2.05) is 19.1 Å². The molecule has 1 amide bonds. The Bertz CT molecular complexity index is 595. The number of hydrogen-bond acceptors (Lipinski definition) is 4. The summed E-state index contributed by atoms with van der Waals surface area (Å²) in [6, 6.07) is 6.59. The van der Waals surface area contributed by atoms with E-state index in [4.69, 9.17) is 20.8 Å². The summed E-state index contributed by atoms with van der Waals surface area (Å²) in [5.74, 6) is 1.29. The second-order valence-electron chi connectivity index (χ2n) is 4.51. The number of rotatable bonds is 6. The van der Waals surface area contributed by atoms with Crippen LogP contribution in [-0.2, 0) is 11.2 Å². The fourth-order valence-electron chi connectivity index (χ4n) is 1.89. The fourth-order valence-corrected chi connectivity index (χ4v) is 2.00. The van der Waals surface area contributed by atoms with Crippen molar-refractivity contribution in [1.29, 1.82) is 0 Å². The number of carbonyl (C=O) groups is 1. The molecule has 1 N–H and O–H groups in total. The molecular weight excluding hydrogens is 292 g/mol. The Morgan fingerprint density at radius 1 is 1.43 bits per heavy atom. The monoisotopic (exact) mass is 308 g/mol. The summed E-state index contributed by atoms with van der Waals surface area (Å²) in [5, 5.41) is 3.21. The number of nitrogens with zero attached hydrogens (tertiary/aromatic N) is 1. The van der Waals surface area contributed by atoms with Crippen LogP contribution in [0.15, 0.2) is 34.9 Å². The van der Waals surface area contributed by atoms with Crippen LogP contribution in [-0.4, -0.2) is 24.6 Å². The fraction of sp³-hybridized carbons (Fsp3) is 0.333. The molecule has 2 rings (SSSR count). The molecule has 5 nitrogen and oxygen atoms in total. The van der Waals surface area contributed by atoms with Crippen molar-refractivity contribution in [2.45, 2.75) is 19.4 Å². The van der Waals surface area contributed by atoms with E-state index in [0.717, 1.165) is 12.2 Å². The maximum atomic E-state index is 12.2. The first-order valence-corrected chi connectivity index (χ1v) is 7.01. The number of furan rings is 1. The molecule has 112 valence electrons. The molecule has 2 aromatic heterocycles. The van der Waals surface area contributed by atoms with E-state index >= 15 is 0 Å². The summed E-state index contributed by atoms with van der Waals surface area (Å²) in [7, 11) is 1.58. The van der Waals surface area contributed by atoms with Crippen molar-refractivity contribution in [1.82, 2.24) is 10.3 Å². The lowest BCUT2D eigenvalue weighted by Gasteiger charge is -2.15. The smallest absolute Gasteiger partial charge is 0.253 e. The van der Waals surface area contributed by atoms with Gasteiger partial charge in [-0.1, -0.05) is 18.5 Å². The van der Waals surface area contributed by atoms with Crippen LogP contribution in [0.5, 0.6) is 0 Å². The predicted octanol–water partition coefficient (Wildman–Crippen LogP) is 3.01. The maximum absolute atomic E-state index is 12.2. The number of ether oxygens (including phenoxy) is 1. The van der Waals surface area contributed by atoms with Gasteiger partial charge in [-0.05, 0) is 24.3 Å². The van der Waals surface area contributed by atoms with Crippen LogP contribution in [0, 0.1) is 0 Å². The number of hydrogen-bond donors (Lipinski definition) is 1. The first-order chi connectivity index (χ1) is 10.1. The number of aromatic nitrogens is 1. The third-order valence-corrected chi connectivity index (χ3v) is 3.23. The minimum atomic E-state index is -0.349. The highest BCUT2D eigenvalue weighted by Gasteiger charge is 2.19. The van der Waals surface area contributed by atoms with E-state index in [1.165, 1.54) is 6.20 Å². The lowest BCUT2D eigenvalue weighted by atomic mass is 10.2. The average Bonchev–Trinajstić information content (AvgIpc) is 2.96. The third kappa shape index (κ3) is 4.06. The van der Waals surface area contributed by atoms with Crippen LogP contribution < -0.4 is 5.32 Å². The van der Waals surface area contributed by atoms with Gasteiger partial charge in [0, 0.05) is 19.7 Å². The molecule has 1 unspecified atom stereocenters. The van der Waals surface area contributed by atoms with Gasteiger partial charge >= 0.3 is 0 Å². The zero-order valence-electron chi connectivity index (χ0n) is 11.9. The number of nitrogens with one attached hydrogen (secondary N) is 1. The summed E-state index contributed by atoms with van der Waals surface area (Å²) < 4.78 is 10.8. The van der Waals surface area contributed by atoms with Crippen molar-refractivity contribution in [3.05, 3.63) is 52.7 Å². The number of carbonyl (C=O) groups excluding carboxylic acids is 1. The average molecular weight is 309 g/mol. The van der Waals surface area contributed by atoms with Crippen LogP contribution in [0.25, 0.3) is 0 Å². The largest absolute Gasteiger partial charge is 0.464 e. The van der Waals surface area contributed by atoms with Crippen molar-refractivity contribution in [2.24, 2.45) is 0 Å². The lowest BCUT2D eigenvalue weighted by molar-refractivity contribution is 0.0882. The zero-order valence-corrected chi connectivity index (χ0v) is 12.7. The van der Waals surface area contributed by atoms with E-state index in [9.17, 15) is 4.79 Å². The molecule has 0 aliphatic heterocycles. The van der Waals surface area contributed by atoms with E-state index in [2.05, 4.69) is 10.3 Å². The maximum Gasteiger partial charge on any atom is 0.253 e. The second kappa shape index (κ2) is 7.24. The SMILES string of the molecule is CCc1ccc(C(COC)NC(=O)c2ccc(Cl)nc2)o1. The van der Waals surface area contributed by atoms with Crippen molar-refractivity contribution in [3.63, 3.8) is 0 Å². The molecule has 0 aliphatic rings. The summed E-state index contributed by atoms with van der Waals surface area (Å²) in [4.78, 5) is 16.1. The zero-order chi connectivity index (χ0) is 15.2. The normalized spacial score (nSPS) is 12.1. The van der Waals surface area contributed by atoms with E-state index in [-0.39, 0.29) is 11.9 Å². The highest BCUT2D eigenvalue weighted by molar-refractivity contribution is 6.29. The van der Waals surface area contributed by atoms with E-state index in [0.29, 0.717) is 23.1 Å². The molecule has 0 aliphatic carbocycles. The topological polar surface area (TPSA) is 64.4 Å². The molecule has 0 saturated carbocycles. The molecule has 0 saturated heterocycles. The highest BCUT2D eigenvalue weighted by atomic mass is 35.5. The van der Waals surface area contributed by atoms with Gasteiger partial charge in [0.25, 0.3) is 5.91 Å². The van der Waals surface area contributed by atoms with Crippen LogP contribution in [0.4, 0.5) is 0 Å². The van der Waals surface area contributed by atoms with Gasteiger partial charge in [0.1, 0.15) is 22.7 Å². The molecule has 0 spiro atoms. The van der Waals surface area contributed by atoms with Crippen molar-refractivity contribution >= 4 is 17.5 Å². The quantitative estimate of drug-likeness (QED) is 0.833. The van der Waals surface area contributed by atoms with Gasteiger partial charge in [0.05, 0.1) is 12.2 Å². The Balaban J connectivity index is 2.11. The first kappa shape index (κ1) is 15.5. The van der Waals surface area contributed by atoms with Crippen LogP contribution in [0.2, 0.25) is 5.15 Å². The molecular formula is C15H17ClN2O3. The number of aryl methyl sites for hydroxylation is 1. The Labute approximate surface area is 128 Å². The minimum Gasteiger partial charge on any atom is -0.464 e. The predicted molar refractivity (Wildman–Crippen MR) is 79.4 cm³/mol. The summed E-state index contributed by atoms with van der Waals surface area (Å²) in [6.07, 6.45) is 2.23. The third-order valence-electron chi connectivity index (χ3n) is 3.00. The molecule has 21 heavy (non-hydrogen) atoms. The highest BCUT2D eigenvalue weighted by Crippen LogP contribution is 2.18. The molecule has 6 heteroatoms. The van der Waals surface area contributed by atoms with Crippen molar-refractivity contribution in [3.8, 4) is 0 Å². The van der Waals surface area contributed by atoms with Gasteiger partial charge in [-0.15, -0.1) is 0 Å². The summed E-state index contributed by atoms with van der Waals surface area (Å²) in [5.41, 5.74) is 0.433. The Kier molecular flexibility index (Phi) is 5.36. The molecule has 0 radical (unpaired) electrons. The van der Waals surface area contributed by atoms with Gasteiger partial charge in [-0.3, -0.25) is 4.79 Å². The van der Waals surface area contributed by atoms with Gasteiger partial charge in [0.2, 0.25) is 0 Å². The Hall–Kier alpha value is -1.85. The summed E-state index contributed by atoms with van der Waals surface area (Å²) >= 11 is 5.71. The van der Waals surface area contributed by atoms with E-state index in [1.54, 1.807) is 19.2 Å². The van der Waals surface area contributed by atoms with Gasteiger partial charge < -0.3 is 14.5 Å². The molecule has 2 heterocycles. The molecule has 0 fully saturated rings. The molecule has 1 atom stereocenters. The number of methoxy groups -OCH3 is 1. The number of amides is 1. The van der Waals surface area contributed by atoms with Gasteiger partial charge in [-0.25, -0.2) is 4.98 Å². The van der Waals surface area contributed by atoms with Gasteiger partial charge in [-0.2, -0.15) is 0 Å². The van der Waals surface area contributed by atoms with Crippen LogP contribution in [0.3, 0.4) is 0 Å². The standard InChI is InChI=1S/C15H17ClN2O3/c1-3-11-5-6-13(21-11)12(9-20-2)18-15(19)10-4-7-14(16)17-8-10/h4-8,12H,3,9H2,1-2H3,(H,18,19). The van der Waals surface area contributed by atoms with Crippen molar-refractivity contribution < 1.29 is 13.9 Å². The molecule has 2 aromatic rings. The lowest BCUT2D eigenvalue weighted by Crippen LogP contribution is -2.31. The van der Waals surface area contributed by atoms with E-state index < -0.39 is 0 Å². The van der Waals surface area contributed by atoms with Crippen LogP contribution >= 0.6 is 11.6 Å². The Morgan fingerprint density at radius 2 is 2.24 bits per heavy atom.